The first kappa shape index (κ1) is 14.3. The minimum atomic E-state index is 0.992. The number of benzene rings is 1. The van der Waals surface area contributed by atoms with Crippen LogP contribution in [-0.2, 0) is 6.42 Å². The number of fused-ring (bicyclic) bond motifs is 1. The lowest BCUT2D eigenvalue weighted by atomic mass is 10.0. The molecule has 2 aromatic rings. The highest BCUT2D eigenvalue weighted by molar-refractivity contribution is 9.10. The fourth-order valence-electron chi connectivity index (χ4n) is 2.50. The summed E-state index contributed by atoms with van der Waals surface area (Å²) in [5.41, 5.74) is 6.04. The van der Waals surface area contributed by atoms with Gasteiger partial charge in [0.1, 0.15) is 0 Å². The number of anilines is 1. The van der Waals surface area contributed by atoms with Crippen molar-refractivity contribution in [3.8, 4) is 0 Å². The molecule has 0 unspecified atom stereocenters. The van der Waals surface area contributed by atoms with E-state index in [1.54, 1.807) is 0 Å². The molecule has 0 fully saturated rings. The summed E-state index contributed by atoms with van der Waals surface area (Å²) in [6.45, 7) is 9.60. The smallest absolute Gasteiger partial charge is 0.0766 e. The van der Waals surface area contributed by atoms with E-state index in [1.165, 1.54) is 22.2 Å². The van der Waals surface area contributed by atoms with Crippen molar-refractivity contribution in [1.82, 2.24) is 4.98 Å². The van der Waals surface area contributed by atoms with Gasteiger partial charge in [0.05, 0.1) is 5.52 Å². The lowest BCUT2D eigenvalue weighted by Crippen LogP contribution is -2.07. The van der Waals surface area contributed by atoms with Gasteiger partial charge in [-0.1, -0.05) is 35.8 Å². The number of pyridine rings is 1. The molecule has 102 valence electrons. The summed E-state index contributed by atoms with van der Waals surface area (Å²) in [6.07, 6.45) is 2.12. The number of aryl methyl sites for hydroxylation is 2. The Bertz CT molecular complexity index is 605. The van der Waals surface area contributed by atoms with Gasteiger partial charge in [-0.2, -0.15) is 0 Å². The Hall–Kier alpha value is -1.09. The predicted octanol–water partition coefficient (Wildman–Crippen LogP) is 5.00. The first-order valence-electron chi connectivity index (χ1n) is 6.92. The van der Waals surface area contributed by atoms with Crippen LogP contribution in [0.1, 0.15) is 37.1 Å². The molecule has 1 aromatic carbocycles. The van der Waals surface area contributed by atoms with E-state index in [0.29, 0.717) is 0 Å². The molecular weight excluding hydrogens is 300 g/mol. The lowest BCUT2D eigenvalue weighted by Gasteiger charge is -2.18. The minimum absolute atomic E-state index is 0.992. The van der Waals surface area contributed by atoms with Gasteiger partial charge in [0.15, 0.2) is 0 Å². The van der Waals surface area contributed by atoms with Gasteiger partial charge >= 0.3 is 0 Å². The zero-order chi connectivity index (χ0) is 14.0. The summed E-state index contributed by atoms with van der Waals surface area (Å²) in [5.74, 6) is 0. The summed E-state index contributed by atoms with van der Waals surface area (Å²) in [5, 5.41) is 4.81. The average Bonchev–Trinajstić information content (AvgIpc) is 2.40. The Morgan fingerprint density at radius 2 is 1.95 bits per heavy atom. The van der Waals surface area contributed by atoms with Crippen molar-refractivity contribution in [1.29, 1.82) is 0 Å². The van der Waals surface area contributed by atoms with E-state index in [1.807, 2.05) is 0 Å². The molecule has 0 aliphatic carbocycles. The quantitative estimate of drug-likeness (QED) is 0.857. The van der Waals surface area contributed by atoms with Crippen LogP contribution in [0, 0.1) is 13.8 Å². The van der Waals surface area contributed by atoms with E-state index in [4.69, 9.17) is 4.98 Å². The maximum absolute atomic E-state index is 4.81. The van der Waals surface area contributed by atoms with Crippen molar-refractivity contribution < 1.29 is 0 Å². The Labute approximate surface area is 123 Å². The van der Waals surface area contributed by atoms with Gasteiger partial charge in [-0.05, 0) is 43.9 Å². The highest BCUT2D eigenvalue weighted by atomic mass is 79.9. The SMILES string of the molecule is CCCNc1c(CC)c(C)nc2c(C)ccc(Br)c12. The molecule has 0 spiro atoms. The Morgan fingerprint density at radius 3 is 2.58 bits per heavy atom. The molecule has 2 rings (SSSR count). The molecule has 0 saturated heterocycles. The molecule has 19 heavy (non-hydrogen) atoms. The van der Waals surface area contributed by atoms with Crippen molar-refractivity contribution in [2.24, 2.45) is 0 Å². The van der Waals surface area contributed by atoms with Crippen LogP contribution in [0.2, 0.25) is 0 Å². The monoisotopic (exact) mass is 320 g/mol. The molecule has 0 bridgehead atoms. The number of hydrogen-bond donors (Lipinski definition) is 1. The molecule has 0 aliphatic rings. The highest BCUT2D eigenvalue weighted by Crippen LogP contribution is 2.35. The van der Waals surface area contributed by atoms with E-state index >= 15 is 0 Å². The van der Waals surface area contributed by atoms with Gasteiger partial charge in [0.25, 0.3) is 0 Å². The van der Waals surface area contributed by atoms with Crippen molar-refractivity contribution in [3.05, 3.63) is 33.4 Å². The molecule has 0 atom stereocenters. The first-order valence-corrected chi connectivity index (χ1v) is 7.71. The molecule has 0 radical (unpaired) electrons. The van der Waals surface area contributed by atoms with Crippen molar-refractivity contribution >= 4 is 32.5 Å². The molecule has 1 N–H and O–H groups in total. The molecule has 3 heteroatoms. The Morgan fingerprint density at radius 1 is 1.21 bits per heavy atom. The van der Waals surface area contributed by atoms with E-state index in [9.17, 15) is 0 Å². The third-order valence-electron chi connectivity index (χ3n) is 3.50. The zero-order valence-electron chi connectivity index (χ0n) is 12.1. The molecular formula is C16H21BrN2. The molecule has 1 aromatic heterocycles. The highest BCUT2D eigenvalue weighted by Gasteiger charge is 2.14. The summed E-state index contributed by atoms with van der Waals surface area (Å²) in [6, 6.07) is 4.24. The molecule has 1 heterocycles. The van der Waals surface area contributed by atoms with E-state index in [-0.39, 0.29) is 0 Å². The van der Waals surface area contributed by atoms with Crippen LogP contribution >= 0.6 is 15.9 Å². The number of nitrogens with zero attached hydrogens (tertiary/aromatic N) is 1. The zero-order valence-corrected chi connectivity index (χ0v) is 13.7. The molecule has 0 amide bonds. The Kier molecular flexibility index (Phi) is 4.46. The second-order valence-corrected chi connectivity index (χ2v) is 5.77. The molecule has 0 aliphatic heterocycles. The third kappa shape index (κ3) is 2.62. The maximum atomic E-state index is 4.81. The van der Waals surface area contributed by atoms with Crippen molar-refractivity contribution in [2.45, 2.75) is 40.5 Å². The maximum Gasteiger partial charge on any atom is 0.0766 e. The normalized spacial score (nSPS) is 11.0. The van der Waals surface area contributed by atoms with Crippen LogP contribution in [0.5, 0.6) is 0 Å². The fraction of sp³-hybridized carbons (Fsp3) is 0.438. The van der Waals surface area contributed by atoms with E-state index in [2.05, 4.69) is 61.1 Å². The van der Waals surface area contributed by atoms with Crippen LogP contribution in [0.4, 0.5) is 5.69 Å². The molecule has 2 nitrogen and oxygen atoms in total. The van der Waals surface area contributed by atoms with Gasteiger partial charge in [0, 0.05) is 27.8 Å². The summed E-state index contributed by atoms with van der Waals surface area (Å²) in [4.78, 5) is 4.81. The van der Waals surface area contributed by atoms with E-state index < -0.39 is 0 Å². The van der Waals surface area contributed by atoms with Crippen molar-refractivity contribution in [2.75, 3.05) is 11.9 Å². The largest absolute Gasteiger partial charge is 0.384 e. The number of aromatic nitrogens is 1. The summed E-state index contributed by atoms with van der Waals surface area (Å²) in [7, 11) is 0. The number of nitrogens with one attached hydrogen (secondary N) is 1. The van der Waals surface area contributed by atoms with Crippen LogP contribution in [0.3, 0.4) is 0 Å². The van der Waals surface area contributed by atoms with Crippen LogP contribution in [-0.4, -0.2) is 11.5 Å². The van der Waals surface area contributed by atoms with Gasteiger partial charge in [-0.25, -0.2) is 0 Å². The van der Waals surface area contributed by atoms with Crippen LogP contribution in [0.15, 0.2) is 16.6 Å². The minimum Gasteiger partial charge on any atom is -0.384 e. The second kappa shape index (κ2) is 5.91. The molecule has 0 saturated carbocycles. The Balaban J connectivity index is 2.80. The van der Waals surface area contributed by atoms with Gasteiger partial charge in [-0.15, -0.1) is 0 Å². The lowest BCUT2D eigenvalue weighted by molar-refractivity contribution is 0.968. The topological polar surface area (TPSA) is 24.9 Å². The predicted molar refractivity (Wildman–Crippen MR) is 87.1 cm³/mol. The van der Waals surface area contributed by atoms with Gasteiger partial charge < -0.3 is 5.32 Å². The summed E-state index contributed by atoms with van der Waals surface area (Å²) < 4.78 is 1.12. The van der Waals surface area contributed by atoms with E-state index in [0.717, 1.165) is 35.1 Å². The summed E-state index contributed by atoms with van der Waals surface area (Å²) >= 11 is 3.68. The van der Waals surface area contributed by atoms with Crippen molar-refractivity contribution in [3.63, 3.8) is 0 Å². The number of halogens is 1. The third-order valence-corrected chi connectivity index (χ3v) is 4.16. The van der Waals surface area contributed by atoms with Gasteiger partial charge in [0.2, 0.25) is 0 Å². The number of hydrogen-bond acceptors (Lipinski definition) is 2. The fourth-order valence-corrected chi connectivity index (χ4v) is 3.02. The number of rotatable bonds is 4. The second-order valence-electron chi connectivity index (χ2n) is 4.92. The standard InChI is InChI=1S/C16H21BrN2/c1-5-9-18-16-12(6-2)11(4)19-15-10(3)7-8-13(17)14(15)16/h7-8H,5-6,9H2,1-4H3,(H,18,19). The first-order chi connectivity index (χ1) is 9.10. The van der Waals surface area contributed by atoms with Crippen LogP contribution in [0.25, 0.3) is 10.9 Å². The van der Waals surface area contributed by atoms with Crippen LogP contribution < -0.4 is 5.32 Å². The average molecular weight is 321 g/mol. The van der Waals surface area contributed by atoms with Gasteiger partial charge in [-0.3, -0.25) is 4.98 Å².